The third-order valence-electron chi connectivity index (χ3n) is 19.0. The number of rotatable bonds is 26. The van der Waals surface area contributed by atoms with Crippen molar-refractivity contribution in [2.24, 2.45) is 11.8 Å². The third kappa shape index (κ3) is 18.8. The van der Waals surface area contributed by atoms with Gasteiger partial charge in [-0.05, 0) is 119 Å². The van der Waals surface area contributed by atoms with E-state index in [0.717, 1.165) is 79.2 Å². The topological polar surface area (TPSA) is 126 Å². The fourth-order valence-electron chi connectivity index (χ4n) is 12.7. The van der Waals surface area contributed by atoms with Crippen molar-refractivity contribution in [3.63, 3.8) is 0 Å². The van der Waals surface area contributed by atoms with Crippen LogP contribution in [0.3, 0.4) is 0 Å². The van der Waals surface area contributed by atoms with Crippen LogP contribution in [-0.2, 0) is 41.8 Å². The number of carbonyl (C=O) groups excluding carboxylic acids is 3. The molecular formula is C60H107F3N2O10Si3. The molecule has 0 aromatic carbocycles. The Labute approximate surface area is 473 Å². The highest BCUT2D eigenvalue weighted by Gasteiger charge is 2.52. The van der Waals surface area contributed by atoms with Crippen LogP contribution in [-0.4, -0.2) is 139 Å². The summed E-state index contributed by atoms with van der Waals surface area (Å²) in [6, 6.07) is 8.95. The first-order chi connectivity index (χ1) is 36.8. The molecule has 10 atom stereocenters. The second kappa shape index (κ2) is 30.8. The molecule has 0 spiro atoms. The zero-order valence-electron chi connectivity index (χ0n) is 51.2. The Morgan fingerprint density at radius 2 is 1.38 bits per heavy atom. The molecule has 0 aromatic rings. The van der Waals surface area contributed by atoms with Crippen molar-refractivity contribution in [1.82, 2.24) is 9.80 Å². The first kappa shape index (κ1) is 68.2. The fourth-order valence-corrected chi connectivity index (χ4v) is 21.7. The molecule has 0 radical (unpaired) electrons. The number of nitrogens with zero attached hydrogens (tertiary/aromatic N) is 2. The Hall–Kier alpha value is -2.33. The number of allylic oxidation sites excluding steroid dienone is 2. The van der Waals surface area contributed by atoms with Crippen LogP contribution in [0.1, 0.15) is 174 Å². The molecule has 0 bridgehead atoms. The van der Waals surface area contributed by atoms with Gasteiger partial charge in [0, 0.05) is 56.6 Å². The molecule has 78 heavy (non-hydrogen) atoms. The molecule has 1 amide bonds. The van der Waals surface area contributed by atoms with Gasteiger partial charge in [0.1, 0.15) is 6.10 Å². The van der Waals surface area contributed by atoms with Crippen LogP contribution in [0.25, 0.3) is 0 Å². The van der Waals surface area contributed by atoms with E-state index in [1.54, 1.807) is 11.0 Å². The van der Waals surface area contributed by atoms with Gasteiger partial charge in [-0.3, -0.25) is 9.69 Å². The summed E-state index contributed by atoms with van der Waals surface area (Å²) in [6.07, 6.45) is 8.75. The third-order valence-corrected chi connectivity index (χ3v) is 33.2. The van der Waals surface area contributed by atoms with Gasteiger partial charge in [-0.15, -0.1) is 0 Å². The fraction of sp³-hybridized carbons (Fsp3) is 0.850. The molecule has 1 aliphatic carbocycles. The van der Waals surface area contributed by atoms with Crippen LogP contribution in [0, 0.1) is 11.8 Å². The second-order valence-electron chi connectivity index (χ2n) is 24.0. The van der Waals surface area contributed by atoms with Crippen LogP contribution in [0.15, 0.2) is 36.0 Å². The van der Waals surface area contributed by atoms with E-state index in [0.29, 0.717) is 38.6 Å². The van der Waals surface area contributed by atoms with Crippen molar-refractivity contribution < 1.29 is 59.8 Å². The molecule has 450 valence electrons. The summed E-state index contributed by atoms with van der Waals surface area (Å²) < 4.78 is 88.8. The number of ether oxygens (including phenoxy) is 4. The van der Waals surface area contributed by atoms with Gasteiger partial charge in [0.25, 0.3) is 0 Å². The predicted octanol–water partition coefficient (Wildman–Crippen LogP) is 15.3. The number of epoxide rings is 1. The number of esters is 2. The molecule has 0 aromatic heterocycles. The molecule has 1 saturated carbocycles. The minimum absolute atomic E-state index is 0.00276. The SMILES string of the molecule is CC[C@H](O[Si](CC)(CC)CC)[C@@H](C)[C@H]1O[C@@H]1C[C@](C)(/C=C/C=C(\C)[C@H]1OC(=O)C[C@H](O[Si](CC)(CC)CC)CC[C@@](C)(OC(=O)C(F)(F)F)[C@@H](OC(=O)N2CCN(C3CCCCCC3)CC2)/C=C/[C@@H]1C)O[Si](CC)(CC)CC. The second-order valence-corrected chi connectivity index (χ2v) is 38.1. The number of amides is 1. The van der Waals surface area contributed by atoms with E-state index < -0.39 is 84.6 Å². The van der Waals surface area contributed by atoms with Crippen molar-refractivity contribution >= 4 is 43.0 Å². The highest BCUT2D eigenvalue weighted by Crippen LogP contribution is 2.43. The van der Waals surface area contributed by atoms with Crippen molar-refractivity contribution in [3.8, 4) is 0 Å². The number of hydrogen-bond donors (Lipinski definition) is 0. The largest absolute Gasteiger partial charge is 0.490 e. The number of cyclic esters (lactones) is 1. The minimum Gasteiger partial charge on any atom is -0.457 e. The summed E-state index contributed by atoms with van der Waals surface area (Å²) in [4.78, 5) is 45.6. The maximum atomic E-state index is 14.3. The van der Waals surface area contributed by atoms with Gasteiger partial charge in [-0.1, -0.05) is 133 Å². The zero-order chi connectivity index (χ0) is 58.1. The molecule has 12 nitrogen and oxygen atoms in total. The Morgan fingerprint density at radius 1 is 0.821 bits per heavy atom. The molecule has 0 unspecified atom stereocenters. The first-order valence-electron chi connectivity index (χ1n) is 30.8. The minimum atomic E-state index is -5.32. The molecular weight excluding hydrogens is 1050 g/mol. The number of piperazine rings is 1. The van der Waals surface area contributed by atoms with Gasteiger partial charge in [0.05, 0.1) is 30.3 Å². The van der Waals surface area contributed by atoms with E-state index in [4.69, 9.17) is 32.2 Å². The summed E-state index contributed by atoms with van der Waals surface area (Å²) >= 11 is 0. The molecule has 4 rings (SSSR count). The monoisotopic (exact) mass is 1160 g/mol. The summed E-state index contributed by atoms with van der Waals surface area (Å²) in [5.74, 6) is -3.25. The number of hydrogen-bond acceptors (Lipinski definition) is 11. The summed E-state index contributed by atoms with van der Waals surface area (Å²) in [7, 11) is -6.41. The van der Waals surface area contributed by atoms with E-state index in [9.17, 15) is 27.6 Å². The maximum absolute atomic E-state index is 14.3. The van der Waals surface area contributed by atoms with Gasteiger partial charge >= 0.3 is 24.2 Å². The molecule has 0 N–H and O–H groups in total. The Morgan fingerprint density at radius 3 is 1.91 bits per heavy atom. The lowest BCUT2D eigenvalue weighted by Gasteiger charge is -2.41. The smallest absolute Gasteiger partial charge is 0.457 e. The van der Waals surface area contributed by atoms with Gasteiger partial charge in [0.2, 0.25) is 0 Å². The van der Waals surface area contributed by atoms with Crippen molar-refractivity contribution in [1.29, 1.82) is 0 Å². The van der Waals surface area contributed by atoms with Crippen LogP contribution in [0.5, 0.6) is 0 Å². The number of halogens is 3. The van der Waals surface area contributed by atoms with Crippen LogP contribution in [0.4, 0.5) is 18.0 Å². The summed E-state index contributed by atoms with van der Waals surface area (Å²) in [5.41, 5.74) is -1.95. The number of carbonyl (C=O) groups is 3. The zero-order valence-corrected chi connectivity index (χ0v) is 54.2. The first-order valence-corrected chi connectivity index (χ1v) is 38.4. The Bertz CT molecular complexity index is 1920. The van der Waals surface area contributed by atoms with Gasteiger partial charge in [-0.2, -0.15) is 13.2 Å². The predicted molar refractivity (Wildman–Crippen MR) is 314 cm³/mol. The van der Waals surface area contributed by atoms with E-state index >= 15 is 0 Å². The highest BCUT2D eigenvalue weighted by molar-refractivity contribution is 6.74. The van der Waals surface area contributed by atoms with Crippen LogP contribution < -0.4 is 0 Å². The van der Waals surface area contributed by atoms with Crippen LogP contribution >= 0.6 is 0 Å². The normalized spacial score (nSPS) is 28.2. The van der Waals surface area contributed by atoms with E-state index in [1.807, 2.05) is 26.0 Å². The maximum Gasteiger partial charge on any atom is 0.490 e. The van der Waals surface area contributed by atoms with Crippen molar-refractivity contribution in [2.45, 2.75) is 289 Å². The lowest BCUT2D eigenvalue weighted by Crippen LogP contribution is -2.54. The Balaban J connectivity index is 1.74. The average molecular weight is 1160 g/mol. The van der Waals surface area contributed by atoms with E-state index in [2.05, 4.69) is 94.1 Å². The lowest BCUT2D eigenvalue weighted by molar-refractivity contribution is -0.220. The molecule has 3 aliphatic heterocycles. The Kier molecular flexibility index (Phi) is 26.9. The molecule has 3 heterocycles. The van der Waals surface area contributed by atoms with Gasteiger partial charge in [-0.25, -0.2) is 9.59 Å². The van der Waals surface area contributed by atoms with Crippen molar-refractivity contribution in [2.75, 3.05) is 26.2 Å². The van der Waals surface area contributed by atoms with Crippen molar-refractivity contribution in [3.05, 3.63) is 36.0 Å². The van der Waals surface area contributed by atoms with Gasteiger partial charge < -0.3 is 37.1 Å². The lowest BCUT2D eigenvalue weighted by atomic mass is 9.88. The number of alkyl halides is 3. The highest BCUT2D eigenvalue weighted by atomic mass is 28.4. The standard InChI is InChI=1S/C60H107F3N2O10Si3/c1-16-50(74-77(20-5,21-6)22-7)47(13)55-51(69-55)44-58(14,75-78(23-8,24-9)25-10)37-30-31-45(11)54-46(12)34-35-52(70-57(68)65-41-39-64(40-42-65)48-32-28-26-27-29-33-48)59(15,72-56(67)60(61,62)63)38-36-49(43-53(66)71-54)73-76(17-2,18-3)19-4/h30-31,34-35,37,46-52,54-55H,16-29,32-33,36,38-44H2,1-15H3/b35-34+,37-30+,45-31+/t46-,47+,49+,50-,51+,52-,54+,55+,58-,59+/m0/s1. The van der Waals surface area contributed by atoms with Gasteiger partial charge in [0.15, 0.2) is 36.7 Å². The quantitative estimate of drug-likeness (QED) is 0.0156. The van der Waals surface area contributed by atoms with Crippen LogP contribution in [0.2, 0.25) is 54.4 Å². The van der Waals surface area contributed by atoms with E-state index in [-0.39, 0.29) is 43.5 Å². The molecule has 2 saturated heterocycles. The van der Waals surface area contributed by atoms with E-state index in [1.165, 1.54) is 38.7 Å². The summed E-state index contributed by atoms with van der Waals surface area (Å²) in [5, 5.41) is 0. The summed E-state index contributed by atoms with van der Waals surface area (Å²) in [6.45, 7) is 33.6. The molecule has 3 fully saturated rings. The molecule has 18 heteroatoms. The average Bonchev–Trinajstić information content (AvgIpc) is 4.31. The molecule has 4 aliphatic rings.